The molecule has 1 saturated heterocycles. The minimum Gasteiger partial charge on any atom is -0.497 e. The highest BCUT2D eigenvalue weighted by Crippen LogP contribution is 2.41. The first kappa shape index (κ1) is 27.1. The van der Waals surface area contributed by atoms with E-state index >= 15 is 0 Å². The Morgan fingerprint density at radius 2 is 1.82 bits per heavy atom. The van der Waals surface area contributed by atoms with E-state index in [2.05, 4.69) is 10.1 Å². The Labute approximate surface area is 213 Å². The summed E-state index contributed by atoms with van der Waals surface area (Å²) < 4.78 is 74.5. The summed E-state index contributed by atoms with van der Waals surface area (Å²) >= 11 is 0. The maximum atomic E-state index is 14.8. The Kier molecular flexibility index (Phi) is 6.70. The van der Waals surface area contributed by atoms with Crippen molar-refractivity contribution in [3.8, 4) is 5.75 Å². The summed E-state index contributed by atoms with van der Waals surface area (Å²) in [5, 5.41) is 4.02. The van der Waals surface area contributed by atoms with E-state index in [-0.39, 0.29) is 36.3 Å². The third-order valence-electron chi connectivity index (χ3n) is 6.44. The zero-order chi connectivity index (χ0) is 28.0. The molecular formula is C24H19BF5N3O5. The van der Waals surface area contributed by atoms with Gasteiger partial charge in [-0.15, -0.1) is 0 Å². The van der Waals surface area contributed by atoms with Gasteiger partial charge in [-0.2, -0.15) is 22.0 Å². The summed E-state index contributed by atoms with van der Waals surface area (Å²) in [5.74, 6) is -8.73. The highest BCUT2D eigenvalue weighted by molar-refractivity contribution is 6.32. The number of fused-ring (bicyclic) bond motifs is 1. The van der Waals surface area contributed by atoms with Gasteiger partial charge >= 0.3 is 12.1 Å². The van der Waals surface area contributed by atoms with Gasteiger partial charge in [-0.3, -0.25) is 24.5 Å². The predicted octanol–water partition coefficient (Wildman–Crippen LogP) is 2.38. The van der Waals surface area contributed by atoms with Crippen LogP contribution >= 0.6 is 0 Å². The number of carbonyl (C=O) groups excluding carboxylic acids is 4. The second-order valence-corrected chi connectivity index (χ2v) is 8.85. The third kappa shape index (κ3) is 4.70. The van der Waals surface area contributed by atoms with Crippen molar-refractivity contribution in [2.24, 2.45) is 0 Å². The fourth-order valence-electron chi connectivity index (χ4n) is 4.35. The molecule has 2 aromatic carbocycles. The molecule has 4 rings (SSSR count). The quantitative estimate of drug-likeness (QED) is 0.336. The highest BCUT2D eigenvalue weighted by atomic mass is 19.4. The molecular weight excluding hydrogens is 516 g/mol. The summed E-state index contributed by atoms with van der Waals surface area (Å²) in [7, 11) is 7.22. The predicted molar refractivity (Wildman–Crippen MR) is 121 cm³/mol. The van der Waals surface area contributed by atoms with E-state index in [1.807, 2.05) is 5.32 Å². The van der Waals surface area contributed by atoms with Crippen molar-refractivity contribution in [3.05, 3.63) is 64.2 Å². The van der Waals surface area contributed by atoms with Crippen LogP contribution in [0.25, 0.3) is 0 Å². The zero-order valence-corrected chi connectivity index (χ0v) is 19.7. The van der Waals surface area contributed by atoms with Crippen LogP contribution in [0, 0.1) is 0 Å². The van der Waals surface area contributed by atoms with Crippen LogP contribution in [0.2, 0.25) is 0 Å². The van der Waals surface area contributed by atoms with Gasteiger partial charge < -0.3 is 15.0 Å². The van der Waals surface area contributed by atoms with Crippen molar-refractivity contribution >= 4 is 31.5 Å². The van der Waals surface area contributed by atoms with Crippen LogP contribution in [-0.2, 0) is 39.6 Å². The number of ether oxygens (including phenoxy) is 1. The monoisotopic (exact) mass is 535 g/mol. The maximum Gasteiger partial charge on any atom is 0.417 e. The number of methoxy groups -OCH3 is 1. The number of piperidine rings is 1. The number of benzene rings is 2. The molecule has 0 saturated carbocycles. The average molecular weight is 535 g/mol. The number of nitrogens with zero attached hydrogens (tertiary/aromatic N) is 1. The lowest BCUT2D eigenvalue weighted by Crippen LogP contribution is -2.63. The van der Waals surface area contributed by atoms with Crippen LogP contribution in [-0.4, -0.2) is 48.9 Å². The molecule has 0 spiro atoms. The number of carbonyl (C=O) groups is 4. The third-order valence-corrected chi connectivity index (χ3v) is 6.44. The fraction of sp³-hybridized carbons (Fsp3) is 0.333. The van der Waals surface area contributed by atoms with E-state index in [4.69, 9.17) is 7.85 Å². The molecule has 0 bridgehead atoms. The van der Waals surface area contributed by atoms with Crippen LogP contribution in [0.4, 0.5) is 22.0 Å². The minimum absolute atomic E-state index is 0.0713. The molecule has 2 radical (unpaired) electrons. The normalized spacial score (nSPS) is 19.7. The molecule has 2 aromatic rings. The molecule has 2 heterocycles. The number of nitrogens with one attached hydrogen (secondary N) is 2. The molecule has 0 aliphatic carbocycles. The lowest BCUT2D eigenvalue weighted by Gasteiger charge is -2.40. The van der Waals surface area contributed by atoms with Gasteiger partial charge in [0.15, 0.2) is 0 Å². The average Bonchev–Trinajstić information content (AvgIpc) is 3.20. The van der Waals surface area contributed by atoms with Crippen molar-refractivity contribution in [2.45, 2.75) is 43.5 Å². The van der Waals surface area contributed by atoms with Gasteiger partial charge in [-0.1, -0.05) is 12.1 Å². The fourth-order valence-corrected chi connectivity index (χ4v) is 4.35. The molecule has 198 valence electrons. The summed E-state index contributed by atoms with van der Waals surface area (Å²) in [6, 6.07) is 5.90. The van der Waals surface area contributed by atoms with Crippen LogP contribution in [0.15, 0.2) is 36.4 Å². The van der Waals surface area contributed by atoms with Crippen molar-refractivity contribution in [1.29, 1.82) is 0 Å². The first-order valence-corrected chi connectivity index (χ1v) is 11.2. The van der Waals surface area contributed by atoms with Gasteiger partial charge in [-0.25, -0.2) is 0 Å². The first-order chi connectivity index (χ1) is 17.7. The van der Waals surface area contributed by atoms with E-state index in [0.29, 0.717) is 17.7 Å². The topological polar surface area (TPSA) is 105 Å². The highest BCUT2D eigenvalue weighted by Gasteiger charge is 2.49. The van der Waals surface area contributed by atoms with Crippen molar-refractivity contribution in [2.75, 3.05) is 7.11 Å². The second-order valence-electron chi connectivity index (χ2n) is 8.85. The van der Waals surface area contributed by atoms with E-state index in [9.17, 15) is 41.1 Å². The molecule has 2 aliphatic rings. The molecule has 1 unspecified atom stereocenters. The number of rotatable bonds is 6. The Balaban J connectivity index is 1.50. The number of imide groups is 1. The minimum atomic E-state index is -5.17. The largest absolute Gasteiger partial charge is 0.497 e. The summed E-state index contributed by atoms with van der Waals surface area (Å²) in [4.78, 5) is 50.1. The Morgan fingerprint density at radius 1 is 1.11 bits per heavy atom. The molecule has 1 atom stereocenters. The lowest BCUT2D eigenvalue weighted by atomic mass is 9.70. The summed E-state index contributed by atoms with van der Waals surface area (Å²) in [5.41, 5.74) is -4.17. The molecule has 8 nitrogen and oxygen atoms in total. The van der Waals surface area contributed by atoms with E-state index in [0.717, 1.165) is 18.1 Å². The number of amides is 4. The van der Waals surface area contributed by atoms with Crippen molar-refractivity contribution < 1.29 is 45.9 Å². The summed E-state index contributed by atoms with van der Waals surface area (Å²) in [6.07, 6.45) is -5.34. The molecule has 4 amide bonds. The molecule has 14 heteroatoms. The Morgan fingerprint density at radius 3 is 2.45 bits per heavy atom. The molecule has 1 fully saturated rings. The zero-order valence-electron chi connectivity index (χ0n) is 19.7. The van der Waals surface area contributed by atoms with Crippen molar-refractivity contribution in [1.82, 2.24) is 15.5 Å². The number of halogens is 5. The molecule has 0 aromatic heterocycles. The van der Waals surface area contributed by atoms with Gasteiger partial charge in [0.2, 0.25) is 11.8 Å². The van der Waals surface area contributed by atoms with Crippen LogP contribution in [0.1, 0.15) is 45.5 Å². The standard InChI is InChI=1S/C24H19BF5N3O5/c1-38-14-3-5-16(17(9-14)24(28,29)30)23(26,27)21(37)31-10-12-2-4-15-13(8-12)11-33(19(15)35)22(25)7-6-18(34)32-20(22)36/h2-5,8-9H,6-7,10-11H2,1H3,(H,31,37)(H,32,34,36). The summed E-state index contributed by atoms with van der Waals surface area (Å²) in [6.45, 7) is -0.610. The van der Waals surface area contributed by atoms with Gasteiger partial charge in [-0.05, 0) is 41.8 Å². The van der Waals surface area contributed by atoms with Crippen LogP contribution in [0.5, 0.6) is 5.75 Å². The SMILES string of the molecule is [B]C1(N2Cc3cc(CNC(=O)C(F)(F)c4ccc(OC)cc4C(F)(F)F)ccc3C2=O)CCC(=O)NC1=O. The number of alkyl halides is 5. The maximum absolute atomic E-state index is 14.8. The van der Waals surface area contributed by atoms with Crippen molar-refractivity contribution in [3.63, 3.8) is 0 Å². The Bertz CT molecular complexity index is 1350. The lowest BCUT2D eigenvalue weighted by molar-refractivity contribution is -0.153. The number of hydrogen-bond acceptors (Lipinski definition) is 5. The van der Waals surface area contributed by atoms with Gasteiger partial charge in [0, 0.05) is 30.6 Å². The number of hydrogen-bond donors (Lipinski definition) is 2. The first-order valence-electron chi connectivity index (χ1n) is 11.2. The van der Waals surface area contributed by atoms with Crippen LogP contribution in [0.3, 0.4) is 0 Å². The van der Waals surface area contributed by atoms with E-state index in [1.54, 1.807) is 0 Å². The van der Waals surface area contributed by atoms with Gasteiger partial charge in [0.05, 0.1) is 18.1 Å². The second kappa shape index (κ2) is 9.41. The van der Waals surface area contributed by atoms with E-state index < -0.39 is 58.8 Å². The van der Waals surface area contributed by atoms with E-state index in [1.165, 1.54) is 18.2 Å². The Hall–Kier alpha value is -3.97. The smallest absolute Gasteiger partial charge is 0.417 e. The molecule has 2 aliphatic heterocycles. The molecule has 38 heavy (non-hydrogen) atoms. The van der Waals surface area contributed by atoms with Gasteiger partial charge in [0.1, 0.15) is 13.6 Å². The molecule has 2 N–H and O–H groups in total. The van der Waals surface area contributed by atoms with Crippen LogP contribution < -0.4 is 15.4 Å². The van der Waals surface area contributed by atoms with Gasteiger partial charge in [0.25, 0.3) is 11.8 Å².